The molecule has 1 aliphatic carbocycles. The van der Waals surface area contributed by atoms with Crippen LogP contribution in [0.25, 0.3) is 0 Å². The molecular formula is C17H18N2O7. The molecule has 2 aliphatic heterocycles. The summed E-state index contributed by atoms with van der Waals surface area (Å²) in [6.07, 6.45) is 2.10. The SMILES string of the molecule is O=C(c1cc2c(cc1[N+](=O)[O-])OCCO2)N1C[C@@H]2CCC[C@@]2(C(=O)O)C1. The number of nitro benzene ring substituents is 1. The summed E-state index contributed by atoms with van der Waals surface area (Å²) >= 11 is 0. The van der Waals surface area contributed by atoms with Crippen LogP contribution in [0.2, 0.25) is 0 Å². The number of nitro groups is 1. The Morgan fingerprint density at radius 3 is 2.58 bits per heavy atom. The van der Waals surface area contributed by atoms with E-state index in [0.717, 1.165) is 12.8 Å². The fraction of sp³-hybridized carbons (Fsp3) is 0.529. The summed E-state index contributed by atoms with van der Waals surface area (Å²) in [6, 6.07) is 2.53. The third-order valence-corrected chi connectivity index (χ3v) is 5.67. The Labute approximate surface area is 148 Å². The number of hydrogen-bond donors (Lipinski definition) is 1. The average molecular weight is 362 g/mol. The summed E-state index contributed by atoms with van der Waals surface area (Å²) in [5.74, 6) is -1.02. The smallest absolute Gasteiger partial charge is 0.311 e. The van der Waals surface area contributed by atoms with Gasteiger partial charge in [-0.25, -0.2) is 0 Å². The predicted octanol–water partition coefficient (Wildman–Crippen LogP) is 1.69. The maximum Gasteiger partial charge on any atom is 0.311 e. The van der Waals surface area contributed by atoms with Gasteiger partial charge in [0.1, 0.15) is 18.8 Å². The molecule has 2 heterocycles. The number of carbonyl (C=O) groups excluding carboxylic acids is 1. The standard InChI is InChI=1S/C17H18N2O7/c20-15(18-8-10-2-1-3-17(10,9-18)16(21)22)11-6-13-14(26-5-4-25-13)7-12(11)19(23)24/h6-7,10H,1-5,8-9H2,(H,21,22)/t10-,17+/m0/s1. The molecule has 0 radical (unpaired) electrons. The Bertz CT molecular complexity index is 809. The van der Waals surface area contributed by atoms with Gasteiger partial charge in [-0.1, -0.05) is 6.42 Å². The van der Waals surface area contributed by atoms with Gasteiger partial charge in [-0.2, -0.15) is 0 Å². The van der Waals surface area contributed by atoms with Crippen LogP contribution < -0.4 is 9.47 Å². The minimum atomic E-state index is -0.932. The molecule has 26 heavy (non-hydrogen) atoms. The van der Waals surface area contributed by atoms with Gasteiger partial charge in [0.15, 0.2) is 11.5 Å². The maximum absolute atomic E-state index is 13.0. The minimum Gasteiger partial charge on any atom is -0.486 e. The van der Waals surface area contributed by atoms with E-state index in [2.05, 4.69) is 0 Å². The molecule has 0 spiro atoms. The summed E-state index contributed by atoms with van der Waals surface area (Å²) in [4.78, 5) is 37.0. The predicted molar refractivity (Wildman–Crippen MR) is 87.4 cm³/mol. The van der Waals surface area contributed by atoms with Crippen LogP contribution >= 0.6 is 0 Å². The molecule has 1 N–H and O–H groups in total. The number of ether oxygens (including phenoxy) is 2. The number of carboxylic acid groups (broad SMARTS) is 1. The van der Waals surface area contributed by atoms with Crippen molar-refractivity contribution in [3.8, 4) is 11.5 Å². The van der Waals surface area contributed by atoms with Gasteiger partial charge in [-0.15, -0.1) is 0 Å². The van der Waals surface area contributed by atoms with Crippen molar-refractivity contribution < 1.29 is 29.1 Å². The van der Waals surface area contributed by atoms with E-state index in [1.165, 1.54) is 17.0 Å². The molecular weight excluding hydrogens is 344 g/mol. The van der Waals surface area contributed by atoms with Crippen molar-refractivity contribution in [1.29, 1.82) is 0 Å². The van der Waals surface area contributed by atoms with Crippen molar-refractivity contribution in [3.05, 3.63) is 27.8 Å². The average Bonchev–Trinajstić information content (AvgIpc) is 3.18. The van der Waals surface area contributed by atoms with Crippen molar-refractivity contribution in [2.75, 3.05) is 26.3 Å². The van der Waals surface area contributed by atoms with E-state index in [1.54, 1.807) is 0 Å². The summed E-state index contributed by atoms with van der Waals surface area (Å²) < 4.78 is 10.8. The molecule has 9 heteroatoms. The second-order valence-electron chi connectivity index (χ2n) is 7.01. The van der Waals surface area contributed by atoms with Gasteiger partial charge >= 0.3 is 5.97 Å². The Morgan fingerprint density at radius 1 is 1.27 bits per heavy atom. The van der Waals surface area contributed by atoms with Crippen LogP contribution in [0.5, 0.6) is 11.5 Å². The first-order valence-corrected chi connectivity index (χ1v) is 8.53. The second kappa shape index (κ2) is 5.86. The third kappa shape index (κ3) is 2.38. The highest BCUT2D eigenvalue weighted by Crippen LogP contribution is 2.49. The fourth-order valence-corrected chi connectivity index (χ4v) is 4.36. The van der Waals surface area contributed by atoms with E-state index in [1.807, 2.05) is 0 Å². The summed E-state index contributed by atoms with van der Waals surface area (Å²) in [7, 11) is 0. The van der Waals surface area contributed by atoms with Gasteiger partial charge in [-0.3, -0.25) is 19.7 Å². The van der Waals surface area contributed by atoms with Crippen LogP contribution in [0.4, 0.5) is 5.69 Å². The fourth-order valence-electron chi connectivity index (χ4n) is 4.36. The Balaban J connectivity index is 1.69. The largest absolute Gasteiger partial charge is 0.486 e. The summed E-state index contributed by atoms with van der Waals surface area (Å²) in [5.41, 5.74) is -1.39. The first-order chi connectivity index (χ1) is 12.4. The number of carbonyl (C=O) groups is 2. The van der Waals surface area contributed by atoms with Crippen LogP contribution in [-0.2, 0) is 4.79 Å². The van der Waals surface area contributed by atoms with Crippen LogP contribution in [-0.4, -0.2) is 53.1 Å². The number of likely N-dealkylation sites (tertiary alicyclic amines) is 1. The number of aliphatic carboxylic acids is 1. The zero-order chi connectivity index (χ0) is 18.5. The zero-order valence-corrected chi connectivity index (χ0v) is 14.0. The first-order valence-electron chi connectivity index (χ1n) is 8.53. The summed E-state index contributed by atoms with van der Waals surface area (Å²) in [6.45, 7) is 0.965. The Kier molecular flexibility index (Phi) is 3.74. The highest BCUT2D eigenvalue weighted by Gasteiger charge is 2.56. The van der Waals surface area contributed by atoms with E-state index < -0.39 is 22.2 Å². The number of hydrogen-bond acceptors (Lipinski definition) is 6. The molecule has 4 rings (SSSR count). The Morgan fingerprint density at radius 2 is 1.96 bits per heavy atom. The molecule has 2 atom stereocenters. The number of fused-ring (bicyclic) bond motifs is 2. The molecule has 1 saturated carbocycles. The number of amides is 1. The quantitative estimate of drug-likeness (QED) is 0.642. The Hall–Kier alpha value is -2.84. The number of nitrogens with zero attached hydrogens (tertiary/aromatic N) is 2. The van der Waals surface area contributed by atoms with Crippen molar-refractivity contribution in [3.63, 3.8) is 0 Å². The maximum atomic E-state index is 13.0. The minimum absolute atomic E-state index is 0.0808. The monoisotopic (exact) mass is 362 g/mol. The van der Waals surface area contributed by atoms with E-state index in [9.17, 15) is 24.8 Å². The molecule has 0 unspecified atom stereocenters. The lowest BCUT2D eigenvalue weighted by Gasteiger charge is -2.24. The van der Waals surface area contributed by atoms with Crippen molar-refractivity contribution in [1.82, 2.24) is 4.90 Å². The van der Waals surface area contributed by atoms with Gasteiger partial charge < -0.3 is 19.5 Å². The molecule has 1 aromatic carbocycles. The summed E-state index contributed by atoms with van der Waals surface area (Å²) in [5, 5.41) is 21.1. The molecule has 138 valence electrons. The van der Waals surface area contributed by atoms with Crippen molar-refractivity contribution >= 4 is 17.6 Å². The molecule has 1 amide bonds. The van der Waals surface area contributed by atoms with Crippen LogP contribution in [0.15, 0.2) is 12.1 Å². The molecule has 0 bridgehead atoms. The second-order valence-corrected chi connectivity index (χ2v) is 7.01. The first kappa shape index (κ1) is 16.6. The van der Waals surface area contributed by atoms with Gasteiger partial charge in [0.05, 0.1) is 16.4 Å². The molecule has 1 saturated heterocycles. The molecule has 3 aliphatic rings. The number of rotatable bonds is 3. The molecule has 1 aromatic rings. The van der Waals surface area contributed by atoms with E-state index >= 15 is 0 Å². The van der Waals surface area contributed by atoms with Gasteiger partial charge in [0.25, 0.3) is 11.6 Å². The topological polar surface area (TPSA) is 119 Å². The van der Waals surface area contributed by atoms with Crippen molar-refractivity contribution in [2.24, 2.45) is 11.3 Å². The van der Waals surface area contributed by atoms with E-state index in [-0.39, 0.29) is 41.8 Å². The van der Waals surface area contributed by atoms with E-state index in [4.69, 9.17) is 9.47 Å². The van der Waals surface area contributed by atoms with Gasteiger partial charge in [0, 0.05) is 19.2 Å². The highest BCUT2D eigenvalue weighted by molar-refractivity contribution is 5.99. The zero-order valence-electron chi connectivity index (χ0n) is 14.0. The van der Waals surface area contributed by atoms with Crippen molar-refractivity contribution in [2.45, 2.75) is 19.3 Å². The molecule has 9 nitrogen and oxygen atoms in total. The van der Waals surface area contributed by atoms with Gasteiger partial charge in [0.2, 0.25) is 0 Å². The van der Waals surface area contributed by atoms with Crippen LogP contribution in [0.1, 0.15) is 29.6 Å². The lowest BCUT2D eigenvalue weighted by atomic mass is 9.81. The number of carboxylic acids is 1. The van der Waals surface area contributed by atoms with Crippen LogP contribution in [0.3, 0.4) is 0 Å². The lowest BCUT2D eigenvalue weighted by molar-refractivity contribution is -0.385. The van der Waals surface area contributed by atoms with Gasteiger partial charge in [-0.05, 0) is 18.8 Å². The number of benzene rings is 1. The molecule has 2 fully saturated rings. The van der Waals surface area contributed by atoms with E-state index in [0.29, 0.717) is 19.6 Å². The highest BCUT2D eigenvalue weighted by atomic mass is 16.6. The normalized spacial score (nSPS) is 26.5. The third-order valence-electron chi connectivity index (χ3n) is 5.67. The molecule has 0 aromatic heterocycles. The van der Waals surface area contributed by atoms with Crippen LogP contribution in [0, 0.1) is 21.4 Å². The lowest BCUT2D eigenvalue weighted by Crippen LogP contribution is -2.37.